The molecule has 1 heterocycles. The molecule has 0 aromatic carbocycles. The second-order valence-corrected chi connectivity index (χ2v) is 6.03. The van der Waals surface area contributed by atoms with Gasteiger partial charge in [0.1, 0.15) is 6.07 Å². The van der Waals surface area contributed by atoms with Gasteiger partial charge in [-0.05, 0) is 25.3 Å². The molecular weight excluding hydrogens is 273 g/mol. The molecule has 1 rings (SSSR count). The van der Waals surface area contributed by atoms with Crippen molar-refractivity contribution in [1.29, 1.82) is 5.26 Å². The number of rotatable bonds is 6. The van der Waals surface area contributed by atoms with Gasteiger partial charge < -0.3 is 14.2 Å². The summed E-state index contributed by atoms with van der Waals surface area (Å²) in [4.78, 5) is 0.450. The van der Waals surface area contributed by atoms with Crippen LogP contribution in [-0.4, -0.2) is 18.3 Å². The molecule has 0 unspecified atom stereocenters. The van der Waals surface area contributed by atoms with E-state index in [1.807, 2.05) is 0 Å². The van der Waals surface area contributed by atoms with E-state index in [0.29, 0.717) is 4.88 Å². The van der Waals surface area contributed by atoms with Crippen LogP contribution in [0.4, 0.5) is 0 Å². The van der Waals surface area contributed by atoms with Gasteiger partial charge in [0.2, 0.25) is 0 Å². The van der Waals surface area contributed by atoms with Crippen LogP contribution in [0.3, 0.4) is 0 Å². The summed E-state index contributed by atoms with van der Waals surface area (Å²) >= 11 is 1.24. The molecule has 0 aliphatic heterocycles. The molecule has 0 atom stereocenters. The highest BCUT2D eigenvalue weighted by atomic mass is 32.1. The molecule has 5 nitrogen and oxygen atoms in total. The van der Waals surface area contributed by atoms with Crippen molar-refractivity contribution in [3.05, 3.63) is 27.7 Å². The van der Waals surface area contributed by atoms with Gasteiger partial charge in [-0.25, -0.2) is 0 Å². The lowest BCUT2D eigenvalue weighted by Crippen LogP contribution is -2.00. The first-order valence-corrected chi connectivity index (χ1v) is 7.78. The Balaban J connectivity index is 3.27. The number of aliphatic hydroxyl groups excluding tert-OH is 1. The Hall–Kier alpha value is -1.12. The minimum atomic E-state index is -3.75. The molecule has 1 aromatic heterocycles. The normalized spacial score (nSPS) is 12.9. The Kier molecular flexibility index (Phi) is 5.57. The maximum absolute atomic E-state index is 12.4. The predicted octanol–water partition coefficient (Wildman–Crippen LogP) is 3.76. The van der Waals surface area contributed by atoms with E-state index in [2.05, 4.69) is 0 Å². The number of aliphatic hydroxyl groups is 1. The van der Waals surface area contributed by atoms with Crippen molar-refractivity contribution in [2.45, 2.75) is 13.8 Å². The fourth-order valence-corrected chi connectivity index (χ4v) is 3.55. The quantitative estimate of drug-likeness (QED) is 0.489. The Morgan fingerprint density at radius 3 is 2.50 bits per heavy atom. The number of hydrogen-bond donors (Lipinski definition) is 1. The van der Waals surface area contributed by atoms with Crippen molar-refractivity contribution in [1.82, 2.24) is 0 Å². The molecule has 0 saturated carbocycles. The van der Waals surface area contributed by atoms with E-state index in [1.165, 1.54) is 11.3 Å². The van der Waals surface area contributed by atoms with Gasteiger partial charge in [-0.3, -0.25) is 4.57 Å². The Labute approximate surface area is 110 Å². The molecule has 0 radical (unpaired) electrons. The molecule has 0 saturated heterocycles. The second kappa shape index (κ2) is 6.72. The standard InChI is InChI=1S/C11H14NO4PS/c1-3-15-17(14,16-4-2)9(8-12)11(13)10-6-5-7-18-10/h5-7,13H,3-4H2,1-2H3. The highest BCUT2D eigenvalue weighted by Gasteiger charge is 2.34. The number of thiophene rings is 1. The van der Waals surface area contributed by atoms with Crippen molar-refractivity contribution < 1.29 is 18.7 Å². The van der Waals surface area contributed by atoms with E-state index in [9.17, 15) is 9.67 Å². The van der Waals surface area contributed by atoms with E-state index < -0.39 is 7.60 Å². The largest absolute Gasteiger partial charge is 0.505 e. The van der Waals surface area contributed by atoms with Gasteiger partial charge in [0, 0.05) is 0 Å². The van der Waals surface area contributed by atoms with Crippen LogP contribution in [0.5, 0.6) is 0 Å². The molecule has 18 heavy (non-hydrogen) atoms. The van der Waals surface area contributed by atoms with Gasteiger partial charge in [0.25, 0.3) is 0 Å². The van der Waals surface area contributed by atoms with Crippen LogP contribution in [-0.2, 0) is 13.6 Å². The summed E-state index contributed by atoms with van der Waals surface area (Å²) in [7, 11) is -3.75. The number of nitrogens with zero attached hydrogens (tertiary/aromatic N) is 1. The van der Waals surface area contributed by atoms with Crippen LogP contribution in [0.25, 0.3) is 5.76 Å². The lowest BCUT2D eigenvalue weighted by atomic mass is 10.4. The third-order valence-corrected chi connectivity index (χ3v) is 4.89. The van der Waals surface area contributed by atoms with E-state index in [4.69, 9.17) is 14.3 Å². The van der Waals surface area contributed by atoms with E-state index >= 15 is 0 Å². The molecule has 0 spiro atoms. The van der Waals surface area contributed by atoms with E-state index in [1.54, 1.807) is 37.4 Å². The van der Waals surface area contributed by atoms with Gasteiger partial charge in [-0.2, -0.15) is 5.26 Å². The summed E-state index contributed by atoms with van der Waals surface area (Å²) in [5.74, 6) is -0.349. The predicted molar refractivity (Wildman–Crippen MR) is 70.3 cm³/mol. The highest BCUT2D eigenvalue weighted by Crippen LogP contribution is 2.57. The van der Waals surface area contributed by atoms with Gasteiger partial charge in [0.05, 0.1) is 18.1 Å². The summed E-state index contributed by atoms with van der Waals surface area (Å²) in [5, 5.41) is 20.5. The third-order valence-electron chi connectivity index (χ3n) is 1.96. The zero-order valence-electron chi connectivity index (χ0n) is 10.1. The molecule has 0 aliphatic carbocycles. The molecule has 1 aromatic rings. The number of hydrogen-bond acceptors (Lipinski definition) is 6. The van der Waals surface area contributed by atoms with Crippen molar-refractivity contribution in [3.8, 4) is 6.07 Å². The van der Waals surface area contributed by atoms with Crippen LogP contribution in [0.2, 0.25) is 0 Å². The summed E-state index contributed by atoms with van der Waals surface area (Å²) in [6.07, 6.45) is 0. The molecule has 7 heteroatoms. The summed E-state index contributed by atoms with van der Waals surface area (Å²) in [6, 6.07) is 5.07. The maximum atomic E-state index is 12.4. The SMILES string of the molecule is CCOP(=O)(OCC)C(C#N)=C(O)c1cccs1. The maximum Gasteiger partial charge on any atom is 0.375 e. The summed E-state index contributed by atoms with van der Waals surface area (Å²) in [6.45, 7) is 3.53. The summed E-state index contributed by atoms with van der Waals surface area (Å²) in [5.41, 5.74) is 0. The van der Waals surface area contributed by atoms with Crippen LogP contribution in [0.15, 0.2) is 22.8 Å². The molecule has 0 amide bonds. The highest BCUT2D eigenvalue weighted by molar-refractivity contribution is 7.59. The van der Waals surface area contributed by atoms with Crippen molar-refractivity contribution >= 4 is 24.7 Å². The smallest absolute Gasteiger partial charge is 0.375 e. The average molecular weight is 287 g/mol. The number of nitriles is 1. The summed E-state index contributed by atoms with van der Waals surface area (Å²) < 4.78 is 22.5. The third kappa shape index (κ3) is 3.21. The van der Waals surface area contributed by atoms with Crippen molar-refractivity contribution in [2.24, 2.45) is 0 Å². The minimum absolute atomic E-state index is 0.125. The fourth-order valence-electron chi connectivity index (χ4n) is 1.28. The number of allylic oxidation sites excluding steroid dienone is 1. The fraction of sp³-hybridized carbons (Fsp3) is 0.364. The molecule has 0 fully saturated rings. The van der Waals surface area contributed by atoms with E-state index in [0.717, 1.165) is 0 Å². The first-order chi connectivity index (χ1) is 8.59. The zero-order chi connectivity index (χ0) is 13.6. The van der Waals surface area contributed by atoms with Gasteiger partial charge in [-0.15, -0.1) is 11.3 Å². The van der Waals surface area contributed by atoms with Crippen molar-refractivity contribution in [2.75, 3.05) is 13.2 Å². The lowest BCUT2D eigenvalue weighted by Gasteiger charge is -2.16. The van der Waals surface area contributed by atoms with Gasteiger partial charge in [-0.1, -0.05) is 6.07 Å². The first kappa shape index (κ1) is 14.9. The van der Waals surface area contributed by atoms with Gasteiger partial charge in [0.15, 0.2) is 11.1 Å². The Morgan fingerprint density at radius 2 is 2.11 bits per heavy atom. The Morgan fingerprint density at radius 1 is 1.50 bits per heavy atom. The van der Waals surface area contributed by atoms with Crippen LogP contribution in [0.1, 0.15) is 18.7 Å². The molecular formula is C11H14NO4PS. The molecule has 1 N–H and O–H groups in total. The molecule has 0 bridgehead atoms. The Bertz CT molecular complexity index is 494. The van der Waals surface area contributed by atoms with E-state index in [-0.39, 0.29) is 24.3 Å². The first-order valence-electron chi connectivity index (χ1n) is 5.36. The zero-order valence-corrected chi connectivity index (χ0v) is 11.8. The van der Waals surface area contributed by atoms with Crippen LogP contribution in [0, 0.1) is 11.3 Å². The van der Waals surface area contributed by atoms with Crippen LogP contribution >= 0.6 is 18.9 Å². The minimum Gasteiger partial charge on any atom is -0.505 e. The average Bonchev–Trinajstić information content (AvgIpc) is 2.83. The topological polar surface area (TPSA) is 79.5 Å². The van der Waals surface area contributed by atoms with Crippen LogP contribution < -0.4 is 0 Å². The van der Waals surface area contributed by atoms with Crippen molar-refractivity contribution in [3.63, 3.8) is 0 Å². The van der Waals surface area contributed by atoms with Gasteiger partial charge >= 0.3 is 7.60 Å². The monoisotopic (exact) mass is 287 g/mol. The lowest BCUT2D eigenvalue weighted by molar-refractivity contribution is 0.227. The molecule has 0 aliphatic rings. The second-order valence-electron chi connectivity index (χ2n) is 3.12. The molecule has 98 valence electrons.